The van der Waals surface area contributed by atoms with Crippen molar-refractivity contribution in [2.75, 3.05) is 0 Å². The van der Waals surface area contributed by atoms with Crippen molar-refractivity contribution in [3.8, 4) is 0 Å². The van der Waals surface area contributed by atoms with Crippen LogP contribution in [0.5, 0.6) is 0 Å². The monoisotopic (exact) mass is 410 g/mol. The number of hydrogen-bond acceptors (Lipinski definition) is 7. The number of nitrogens with two attached hydrogens (primary N) is 1. The number of carbonyl (C=O) groups excluding carboxylic acids is 3. The van der Waals surface area contributed by atoms with Crippen LogP contribution in [0.1, 0.15) is 24.3 Å². The number of aliphatic hydroxyl groups excluding tert-OH is 1. The van der Waals surface area contributed by atoms with Gasteiger partial charge in [0.05, 0.1) is 39.7 Å². The van der Waals surface area contributed by atoms with Crippen LogP contribution in [-0.4, -0.2) is 43.8 Å². The molecule has 3 aliphatic rings. The summed E-state index contributed by atoms with van der Waals surface area (Å²) in [6.07, 6.45) is 3.62. The fourth-order valence-electron chi connectivity index (χ4n) is 3.72. The van der Waals surface area contributed by atoms with E-state index in [9.17, 15) is 24.6 Å². The number of nitrogens with zero attached hydrogens (tertiary/aromatic N) is 3. The van der Waals surface area contributed by atoms with Gasteiger partial charge in [0.15, 0.2) is 12.2 Å². The van der Waals surface area contributed by atoms with E-state index in [4.69, 9.17) is 5.73 Å². The molecular formula is C16H18N4O5S2. The lowest BCUT2D eigenvalue weighted by atomic mass is 9.92. The molecule has 0 aliphatic carbocycles. The number of aliphatic hydroxyl groups is 1. The Morgan fingerprint density at radius 2 is 2.30 bits per heavy atom. The number of fused-ring (bicyclic) bond motifs is 2. The van der Waals surface area contributed by atoms with E-state index in [1.165, 1.54) is 35.3 Å². The summed E-state index contributed by atoms with van der Waals surface area (Å²) < 4.78 is 4.25. The molecular weight excluding hydrogens is 392 g/mol. The summed E-state index contributed by atoms with van der Waals surface area (Å²) >= 11 is 2.68. The molecule has 0 spiro atoms. The highest BCUT2D eigenvalue weighted by Gasteiger charge is 2.56. The van der Waals surface area contributed by atoms with Gasteiger partial charge in [-0.05, 0) is 6.92 Å². The number of hydrogen-bond donors (Lipinski definition) is 2. The molecule has 0 radical (unpaired) electrons. The van der Waals surface area contributed by atoms with Crippen LogP contribution in [-0.2, 0) is 27.5 Å². The number of imidazole rings is 1. The number of rotatable bonds is 6. The van der Waals surface area contributed by atoms with Gasteiger partial charge in [0.25, 0.3) is 5.91 Å². The molecule has 1 saturated heterocycles. The summed E-state index contributed by atoms with van der Waals surface area (Å²) in [6, 6.07) is 0. The lowest BCUT2D eigenvalue weighted by Crippen LogP contribution is -2.61. The standard InChI is InChI=1S/C16H18N4O5S2/c1-7(21)11-13(23)20-12(15(24)25)16(27-14(11)20)26-9-2-3-19-6-18(4-8(9)19)5-10(17)22/h4,6-7,9,11,14,21H,2-3,5H2,1H3,(H2-,17,22,24,25)/t7-,9-,11+,14-/m1/s1. The highest BCUT2D eigenvalue weighted by atomic mass is 32.2. The molecule has 11 heteroatoms. The predicted octanol–water partition coefficient (Wildman–Crippen LogP) is -1.73. The minimum absolute atomic E-state index is 0.00483. The molecule has 4 atom stereocenters. The number of primary amides is 1. The summed E-state index contributed by atoms with van der Waals surface area (Å²) in [5, 5.41) is 21.0. The Hall–Kier alpha value is -1.98. The van der Waals surface area contributed by atoms with E-state index in [0.29, 0.717) is 4.24 Å². The number of β-lactam (4-membered cyclic amide) rings is 1. The maximum absolute atomic E-state index is 12.3. The van der Waals surface area contributed by atoms with E-state index in [-0.39, 0.29) is 23.4 Å². The predicted molar refractivity (Wildman–Crippen MR) is 94.2 cm³/mol. The molecule has 4 heterocycles. The van der Waals surface area contributed by atoms with Crippen LogP contribution in [0.25, 0.3) is 0 Å². The van der Waals surface area contributed by atoms with Crippen molar-refractivity contribution >= 4 is 41.3 Å². The van der Waals surface area contributed by atoms with Crippen molar-refractivity contribution in [2.24, 2.45) is 11.7 Å². The first kappa shape index (κ1) is 18.4. The molecule has 27 heavy (non-hydrogen) atoms. The normalized spacial score (nSPS) is 27.4. The maximum atomic E-state index is 12.3. The van der Waals surface area contributed by atoms with Crippen molar-refractivity contribution in [3.05, 3.63) is 28.2 Å². The number of amides is 2. The minimum atomic E-state index is -1.39. The topological polar surface area (TPSA) is 133 Å². The molecule has 0 unspecified atom stereocenters. The molecule has 0 bridgehead atoms. The summed E-state index contributed by atoms with van der Waals surface area (Å²) in [5.41, 5.74) is 6.10. The van der Waals surface area contributed by atoms with E-state index in [1.54, 1.807) is 4.57 Å². The van der Waals surface area contributed by atoms with Crippen LogP contribution in [0.4, 0.5) is 0 Å². The first-order chi connectivity index (χ1) is 12.8. The second-order valence-electron chi connectivity index (χ2n) is 6.80. The average molecular weight is 410 g/mol. The Balaban J connectivity index is 1.57. The number of carbonyl (C=O) groups is 3. The third-order valence-corrected chi connectivity index (χ3v) is 7.83. The van der Waals surface area contributed by atoms with Crippen molar-refractivity contribution in [2.45, 2.75) is 43.2 Å². The van der Waals surface area contributed by atoms with Crippen LogP contribution in [0, 0.1) is 5.92 Å². The highest BCUT2D eigenvalue weighted by Crippen LogP contribution is 2.57. The fourth-order valence-corrected chi connectivity index (χ4v) is 7.00. The number of aromatic nitrogens is 2. The van der Waals surface area contributed by atoms with Gasteiger partial charge in [-0.1, -0.05) is 11.8 Å². The molecule has 1 fully saturated rings. The zero-order chi connectivity index (χ0) is 19.5. The van der Waals surface area contributed by atoms with Gasteiger partial charge < -0.3 is 20.7 Å². The zero-order valence-corrected chi connectivity index (χ0v) is 16.0. The first-order valence-corrected chi connectivity index (χ1v) is 10.2. The lowest BCUT2D eigenvalue weighted by Gasteiger charge is -2.44. The first-order valence-electron chi connectivity index (χ1n) is 8.45. The molecule has 2 amide bonds. The van der Waals surface area contributed by atoms with Crippen molar-refractivity contribution < 1.29 is 29.2 Å². The van der Waals surface area contributed by atoms with E-state index < -0.39 is 29.3 Å². The number of aryl methyl sites for hydroxylation is 1. The van der Waals surface area contributed by atoms with Crippen LogP contribution >= 0.6 is 23.5 Å². The van der Waals surface area contributed by atoms with Gasteiger partial charge in [0.1, 0.15) is 11.6 Å². The van der Waals surface area contributed by atoms with Crippen molar-refractivity contribution in [3.63, 3.8) is 0 Å². The lowest BCUT2D eigenvalue weighted by molar-refractivity contribution is -0.684. The van der Waals surface area contributed by atoms with Gasteiger partial charge in [-0.2, -0.15) is 0 Å². The Bertz CT molecular complexity index is 880. The molecule has 0 saturated carbocycles. The van der Waals surface area contributed by atoms with Gasteiger partial charge in [-0.25, -0.2) is 9.13 Å². The second kappa shape index (κ2) is 6.57. The molecule has 1 aromatic rings. The molecule has 4 rings (SSSR count). The Morgan fingerprint density at radius 3 is 2.93 bits per heavy atom. The Morgan fingerprint density at radius 1 is 1.56 bits per heavy atom. The van der Waals surface area contributed by atoms with E-state index in [2.05, 4.69) is 0 Å². The van der Waals surface area contributed by atoms with Gasteiger partial charge >= 0.3 is 0 Å². The Labute approximate surface area is 163 Å². The minimum Gasteiger partial charge on any atom is -0.543 e. The second-order valence-corrected chi connectivity index (χ2v) is 9.40. The van der Waals surface area contributed by atoms with Crippen LogP contribution in [0.15, 0.2) is 22.5 Å². The molecule has 3 N–H and O–H groups in total. The van der Waals surface area contributed by atoms with Gasteiger partial charge in [-0.3, -0.25) is 14.5 Å². The van der Waals surface area contributed by atoms with Gasteiger partial charge in [-0.15, -0.1) is 11.8 Å². The average Bonchev–Trinajstić information content (AvgIpc) is 3.19. The van der Waals surface area contributed by atoms with Crippen LogP contribution in [0.3, 0.4) is 0 Å². The van der Waals surface area contributed by atoms with Crippen LogP contribution in [0.2, 0.25) is 0 Å². The zero-order valence-electron chi connectivity index (χ0n) is 14.4. The number of carboxylic acid groups (broad SMARTS) is 1. The number of carboxylic acids is 1. The summed E-state index contributed by atoms with van der Waals surface area (Å²) in [5.74, 6) is -2.81. The number of aliphatic carboxylic acids is 1. The molecule has 144 valence electrons. The molecule has 3 aliphatic heterocycles. The highest BCUT2D eigenvalue weighted by molar-refractivity contribution is 8.22. The number of thioether (sulfide) groups is 2. The van der Waals surface area contributed by atoms with Gasteiger partial charge in [0.2, 0.25) is 12.2 Å². The maximum Gasteiger partial charge on any atom is 0.259 e. The molecule has 9 nitrogen and oxygen atoms in total. The Kier molecular flexibility index (Phi) is 4.47. The van der Waals surface area contributed by atoms with E-state index in [0.717, 1.165) is 18.7 Å². The van der Waals surface area contributed by atoms with Crippen molar-refractivity contribution in [1.29, 1.82) is 0 Å². The summed E-state index contributed by atoms with van der Waals surface area (Å²) in [4.78, 5) is 36.2. The third kappa shape index (κ3) is 2.93. The SMILES string of the molecule is C[C@@H](O)[C@H]1C(=O)N2C(C(=O)[O-])=C(S[C@@H]3CCn4c[n+](CC(N)=O)cc43)S[C@H]12. The largest absolute Gasteiger partial charge is 0.543 e. The van der Waals surface area contributed by atoms with Crippen molar-refractivity contribution in [1.82, 2.24) is 9.47 Å². The van der Waals surface area contributed by atoms with Gasteiger partial charge in [0, 0.05) is 6.42 Å². The summed E-state index contributed by atoms with van der Waals surface area (Å²) in [6.45, 7) is 2.37. The van der Waals surface area contributed by atoms with E-state index in [1.807, 2.05) is 17.1 Å². The van der Waals surface area contributed by atoms with Crippen LogP contribution < -0.4 is 15.4 Å². The van der Waals surface area contributed by atoms with E-state index >= 15 is 0 Å². The third-order valence-electron chi connectivity index (χ3n) is 4.93. The summed E-state index contributed by atoms with van der Waals surface area (Å²) in [7, 11) is 0. The smallest absolute Gasteiger partial charge is 0.259 e. The molecule has 0 aromatic carbocycles. The quantitative estimate of drug-likeness (QED) is 0.421. The molecule has 1 aromatic heterocycles. The fraction of sp³-hybridized carbons (Fsp3) is 0.500.